The zero-order valence-electron chi connectivity index (χ0n) is 24.1. The number of allylic oxidation sites excluding steroid dienone is 1. The van der Waals surface area contributed by atoms with Gasteiger partial charge in [0.15, 0.2) is 0 Å². The van der Waals surface area contributed by atoms with Gasteiger partial charge in [-0.25, -0.2) is 0 Å². The number of rotatable bonds is 14. The van der Waals surface area contributed by atoms with Gasteiger partial charge in [-0.05, 0) is 78.6 Å². The second kappa shape index (κ2) is 15.9. The van der Waals surface area contributed by atoms with E-state index >= 15 is 0 Å². The first-order chi connectivity index (χ1) is 18.8. The van der Waals surface area contributed by atoms with Crippen LogP contribution in [0.4, 0.5) is 0 Å². The van der Waals surface area contributed by atoms with E-state index in [4.69, 9.17) is 16.3 Å². The van der Waals surface area contributed by atoms with Gasteiger partial charge in [0, 0.05) is 61.8 Å². The van der Waals surface area contributed by atoms with Crippen molar-refractivity contribution in [1.82, 2.24) is 15.1 Å². The number of morpholine rings is 1. The quantitative estimate of drug-likeness (QED) is 0.355. The van der Waals surface area contributed by atoms with Crippen molar-refractivity contribution < 1.29 is 9.53 Å². The number of amides is 1. The molecular formula is C33H46ClN3O2. The summed E-state index contributed by atoms with van der Waals surface area (Å²) < 4.78 is 5.40. The maximum absolute atomic E-state index is 13.0. The minimum atomic E-state index is -0.0251. The van der Waals surface area contributed by atoms with Crippen LogP contribution >= 0.6 is 11.6 Å². The molecule has 2 aromatic rings. The van der Waals surface area contributed by atoms with E-state index in [1.54, 1.807) is 0 Å². The van der Waals surface area contributed by atoms with E-state index in [9.17, 15) is 4.79 Å². The van der Waals surface area contributed by atoms with E-state index < -0.39 is 0 Å². The molecule has 1 heterocycles. The number of carbonyl (C=O) groups is 1. The SMILES string of the molecule is C=C(CCCC(CCC)CN(C)/C=c1/c(C)c(C(=O)NCCN2CCOCC2)ccc1=C)c1ccc(Cl)cc1. The lowest BCUT2D eigenvalue weighted by molar-refractivity contribution is 0.0383. The summed E-state index contributed by atoms with van der Waals surface area (Å²) in [5.41, 5.74) is 4.03. The molecule has 1 aliphatic rings. The van der Waals surface area contributed by atoms with Crippen molar-refractivity contribution in [2.75, 3.05) is 53.0 Å². The monoisotopic (exact) mass is 551 g/mol. The molecule has 0 saturated carbocycles. The normalized spacial score (nSPS) is 15.2. The third-order valence-electron chi connectivity index (χ3n) is 7.60. The number of hydrogen-bond donors (Lipinski definition) is 1. The Balaban J connectivity index is 1.58. The highest BCUT2D eigenvalue weighted by atomic mass is 35.5. The molecule has 0 spiro atoms. The third kappa shape index (κ3) is 9.82. The first-order valence-corrected chi connectivity index (χ1v) is 14.7. The summed E-state index contributed by atoms with van der Waals surface area (Å²) in [7, 11) is 2.13. The molecule has 1 unspecified atom stereocenters. The molecule has 39 heavy (non-hydrogen) atoms. The van der Waals surface area contributed by atoms with Crippen molar-refractivity contribution in [3.8, 4) is 0 Å². The fourth-order valence-corrected chi connectivity index (χ4v) is 5.43. The van der Waals surface area contributed by atoms with Crippen LogP contribution < -0.4 is 15.8 Å². The maximum Gasteiger partial charge on any atom is 0.251 e. The summed E-state index contributed by atoms with van der Waals surface area (Å²) in [6.07, 6.45) is 7.77. The van der Waals surface area contributed by atoms with Gasteiger partial charge in [0.1, 0.15) is 0 Å². The molecule has 1 saturated heterocycles. The molecule has 5 nitrogen and oxygen atoms in total. The van der Waals surface area contributed by atoms with E-state index in [0.29, 0.717) is 12.5 Å². The first kappa shape index (κ1) is 30.9. The number of hydrogen-bond acceptors (Lipinski definition) is 4. The zero-order valence-corrected chi connectivity index (χ0v) is 24.9. The predicted octanol–water partition coefficient (Wildman–Crippen LogP) is 5.09. The molecule has 2 aromatic carbocycles. The van der Waals surface area contributed by atoms with Crippen molar-refractivity contribution in [2.45, 2.75) is 46.0 Å². The van der Waals surface area contributed by atoms with E-state index in [2.05, 4.69) is 48.4 Å². The molecule has 1 N–H and O–H groups in total. The Morgan fingerprint density at radius 3 is 2.59 bits per heavy atom. The molecule has 1 fully saturated rings. The summed E-state index contributed by atoms with van der Waals surface area (Å²) in [4.78, 5) is 17.6. The first-order valence-electron chi connectivity index (χ1n) is 14.3. The van der Waals surface area contributed by atoms with Gasteiger partial charge >= 0.3 is 0 Å². The van der Waals surface area contributed by atoms with Crippen LogP contribution in [0.25, 0.3) is 18.4 Å². The van der Waals surface area contributed by atoms with Gasteiger partial charge in [0.05, 0.1) is 13.2 Å². The summed E-state index contributed by atoms with van der Waals surface area (Å²) in [6.45, 7) is 18.6. The largest absolute Gasteiger partial charge is 0.380 e. The Bertz CT molecular complexity index is 1190. The van der Waals surface area contributed by atoms with Gasteiger partial charge in [0.2, 0.25) is 0 Å². The number of halogens is 1. The van der Waals surface area contributed by atoms with Gasteiger partial charge in [-0.3, -0.25) is 9.69 Å². The zero-order chi connectivity index (χ0) is 28.2. The molecule has 6 heteroatoms. The minimum absolute atomic E-state index is 0.0251. The second-order valence-electron chi connectivity index (χ2n) is 10.7. The average molecular weight is 552 g/mol. The third-order valence-corrected chi connectivity index (χ3v) is 7.86. The lowest BCUT2D eigenvalue weighted by atomic mass is 9.93. The molecule has 0 aromatic heterocycles. The number of nitrogens with zero attached hydrogens (tertiary/aromatic N) is 2. The van der Waals surface area contributed by atoms with Crippen LogP contribution in [-0.2, 0) is 4.74 Å². The van der Waals surface area contributed by atoms with Gasteiger partial charge in [-0.15, -0.1) is 0 Å². The van der Waals surface area contributed by atoms with E-state index in [0.717, 1.165) is 91.7 Å². The summed E-state index contributed by atoms with van der Waals surface area (Å²) in [5, 5.41) is 5.83. The van der Waals surface area contributed by atoms with E-state index in [-0.39, 0.29) is 5.91 Å². The van der Waals surface area contributed by atoms with Crippen LogP contribution in [0.1, 0.15) is 60.5 Å². The van der Waals surface area contributed by atoms with Crippen LogP contribution in [-0.4, -0.2) is 68.7 Å². The van der Waals surface area contributed by atoms with E-state index in [1.165, 1.54) is 17.6 Å². The molecule has 212 valence electrons. The second-order valence-corrected chi connectivity index (χ2v) is 11.2. The van der Waals surface area contributed by atoms with Crippen molar-refractivity contribution in [3.05, 3.63) is 75.1 Å². The topological polar surface area (TPSA) is 44.8 Å². The number of carbonyl (C=O) groups excluding carboxylic acids is 1. The van der Waals surface area contributed by atoms with Gasteiger partial charge < -0.3 is 15.0 Å². The van der Waals surface area contributed by atoms with Gasteiger partial charge in [0.25, 0.3) is 5.91 Å². The number of ether oxygens (including phenoxy) is 1. The molecule has 1 atom stereocenters. The standard InChI is InChI=1S/C33H46ClN3O2/c1-6-8-28(10-7-9-25(2)29-12-14-30(34)15-13-29)23-36(5)24-32-26(3)11-16-31(27(32)4)33(38)35-17-18-37-19-21-39-22-20-37/h11-16,24,28H,2-3,6-10,17-23H2,1,4-5H3,(H,35,38)/b32-24+. The van der Waals surface area contributed by atoms with Gasteiger partial charge in [-0.2, -0.15) is 0 Å². The van der Waals surface area contributed by atoms with Crippen LogP contribution in [0, 0.1) is 12.8 Å². The van der Waals surface area contributed by atoms with Crippen molar-refractivity contribution in [1.29, 1.82) is 0 Å². The van der Waals surface area contributed by atoms with Crippen molar-refractivity contribution >= 4 is 35.9 Å². The van der Waals surface area contributed by atoms with Crippen LogP contribution in [0.3, 0.4) is 0 Å². The highest BCUT2D eigenvalue weighted by Gasteiger charge is 2.14. The van der Waals surface area contributed by atoms with Crippen LogP contribution in [0.15, 0.2) is 43.0 Å². The molecule has 3 rings (SSSR count). The average Bonchev–Trinajstić information content (AvgIpc) is 2.92. The molecule has 0 radical (unpaired) electrons. The Hall–Kier alpha value is -2.60. The van der Waals surface area contributed by atoms with E-state index in [1.807, 2.05) is 43.3 Å². The lowest BCUT2D eigenvalue weighted by Gasteiger charge is -2.26. The van der Waals surface area contributed by atoms with Crippen LogP contribution in [0.5, 0.6) is 0 Å². The summed E-state index contributed by atoms with van der Waals surface area (Å²) >= 11 is 6.03. The molecule has 1 aliphatic heterocycles. The Morgan fingerprint density at radius 1 is 1.18 bits per heavy atom. The fourth-order valence-electron chi connectivity index (χ4n) is 5.31. The molecule has 0 aliphatic carbocycles. The maximum atomic E-state index is 13.0. The van der Waals surface area contributed by atoms with Gasteiger partial charge in [-0.1, -0.05) is 56.3 Å². The van der Waals surface area contributed by atoms with Crippen molar-refractivity contribution in [3.63, 3.8) is 0 Å². The van der Waals surface area contributed by atoms with Crippen LogP contribution in [0.2, 0.25) is 5.02 Å². The number of nitrogens with one attached hydrogen (secondary N) is 1. The smallest absolute Gasteiger partial charge is 0.251 e. The predicted molar refractivity (Wildman–Crippen MR) is 165 cm³/mol. The Kier molecular flexibility index (Phi) is 12.6. The van der Waals surface area contributed by atoms with Crippen molar-refractivity contribution in [2.24, 2.45) is 5.92 Å². The minimum Gasteiger partial charge on any atom is -0.380 e. The molecule has 0 bridgehead atoms. The lowest BCUT2D eigenvalue weighted by Crippen LogP contribution is -2.41. The highest BCUT2D eigenvalue weighted by Crippen LogP contribution is 2.24. The molecule has 1 amide bonds. The summed E-state index contributed by atoms with van der Waals surface area (Å²) in [6, 6.07) is 11.8. The fraction of sp³-hybridized carbons (Fsp3) is 0.485. The Labute approximate surface area is 240 Å². The Morgan fingerprint density at radius 2 is 1.90 bits per heavy atom. The highest BCUT2D eigenvalue weighted by molar-refractivity contribution is 6.30. The summed E-state index contributed by atoms with van der Waals surface area (Å²) in [5.74, 6) is 0.567. The molecular weight excluding hydrogens is 506 g/mol. The number of benzene rings is 2.